The van der Waals surface area contributed by atoms with Gasteiger partial charge in [-0.1, -0.05) is 30.3 Å². The van der Waals surface area contributed by atoms with Crippen molar-refractivity contribution in [3.8, 4) is 5.69 Å². The van der Waals surface area contributed by atoms with Gasteiger partial charge in [0, 0.05) is 17.8 Å². The van der Waals surface area contributed by atoms with E-state index in [1.807, 2.05) is 48.9 Å². The topological polar surface area (TPSA) is 46.9 Å². The lowest BCUT2D eigenvalue weighted by Gasteiger charge is -2.07. The Balaban J connectivity index is 1.69. The maximum atomic E-state index is 12.9. The van der Waals surface area contributed by atoms with Gasteiger partial charge in [-0.3, -0.25) is 4.79 Å². The average Bonchev–Trinajstić information content (AvgIpc) is 2.90. The average molecular weight is 337 g/mol. The van der Waals surface area contributed by atoms with E-state index in [1.54, 1.807) is 12.1 Å². The lowest BCUT2D eigenvalue weighted by molar-refractivity contribution is -0.120. The summed E-state index contributed by atoms with van der Waals surface area (Å²) in [5, 5.41) is 7.43. The van der Waals surface area contributed by atoms with E-state index in [1.165, 1.54) is 12.1 Å². The molecule has 0 aliphatic rings. The van der Waals surface area contributed by atoms with Crippen LogP contribution in [0.25, 0.3) is 5.69 Å². The summed E-state index contributed by atoms with van der Waals surface area (Å²) < 4.78 is 14.8. The third kappa shape index (κ3) is 3.94. The van der Waals surface area contributed by atoms with Gasteiger partial charge in [0.2, 0.25) is 5.91 Å². The molecule has 25 heavy (non-hydrogen) atoms. The molecular formula is C20H20FN3O. The van der Waals surface area contributed by atoms with Crippen molar-refractivity contribution in [3.63, 3.8) is 0 Å². The molecule has 0 radical (unpaired) electrons. The Bertz CT molecular complexity index is 870. The molecule has 0 saturated heterocycles. The second-order valence-electron chi connectivity index (χ2n) is 5.98. The van der Waals surface area contributed by atoms with Gasteiger partial charge in [-0.25, -0.2) is 9.07 Å². The molecule has 1 amide bonds. The van der Waals surface area contributed by atoms with Crippen molar-refractivity contribution in [1.29, 1.82) is 0 Å². The molecule has 3 aromatic rings. The number of carbonyl (C=O) groups excluding carboxylic acids is 1. The second-order valence-corrected chi connectivity index (χ2v) is 5.98. The highest BCUT2D eigenvalue weighted by Crippen LogP contribution is 2.18. The fourth-order valence-corrected chi connectivity index (χ4v) is 2.78. The maximum Gasteiger partial charge on any atom is 0.224 e. The Labute approximate surface area is 146 Å². The van der Waals surface area contributed by atoms with Crippen LogP contribution in [0.5, 0.6) is 0 Å². The Morgan fingerprint density at radius 3 is 2.44 bits per heavy atom. The van der Waals surface area contributed by atoms with E-state index in [0.29, 0.717) is 6.54 Å². The number of aromatic nitrogens is 2. The summed E-state index contributed by atoms with van der Waals surface area (Å²) in [6.07, 6.45) is 0.270. The molecular weight excluding hydrogens is 317 g/mol. The van der Waals surface area contributed by atoms with Crippen molar-refractivity contribution >= 4 is 5.91 Å². The summed E-state index contributed by atoms with van der Waals surface area (Å²) in [5.41, 5.74) is 4.57. The number of amides is 1. The Morgan fingerprint density at radius 1 is 1.08 bits per heavy atom. The van der Waals surface area contributed by atoms with Gasteiger partial charge in [0.25, 0.3) is 0 Å². The second kappa shape index (κ2) is 7.30. The minimum atomic E-state index is -0.283. The van der Waals surface area contributed by atoms with Crippen LogP contribution in [0.4, 0.5) is 4.39 Å². The zero-order valence-corrected chi connectivity index (χ0v) is 14.3. The monoisotopic (exact) mass is 337 g/mol. The van der Waals surface area contributed by atoms with Gasteiger partial charge in [-0.2, -0.15) is 5.10 Å². The lowest BCUT2D eigenvalue weighted by atomic mass is 10.1. The smallest absolute Gasteiger partial charge is 0.224 e. The molecule has 5 heteroatoms. The van der Waals surface area contributed by atoms with E-state index < -0.39 is 0 Å². The molecule has 1 N–H and O–H groups in total. The number of benzene rings is 2. The molecule has 0 atom stereocenters. The van der Waals surface area contributed by atoms with Gasteiger partial charge < -0.3 is 5.32 Å². The van der Waals surface area contributed by atoms with E-state index in [-0.39, 0.29) is 18.1 Å². The van der Waals surface area contributed by atoms with Gasteiger partial charge in [0.05, 0.1) is 17.8 Å². The van der Waals surface area contributed by atoms with E-state index in [2.05, 4.69) is 10.4 Å². The number of halogens is 1. The van der Waals surface area contributed by atoms with Crippen LogP contribution in [0.2, 0.25) is 0 Å². The first kappa shape index (κ1) is 16.9. The van der Waals surface area contributed by atoms with Crippen LogP contribution in [0.1, 0.15) is 22.5 Å². The number of rotatable bonds is 5. The molecule has 1 aromatic heterocycles. The molecule has 3 rings (SSSR count). The SMILES string of the molecule is Cc1nn(-c2ccccc2)c(C)c1CC(=O)NCc1ccc(F)cc1. The third-order valence-corrected chi connectivity index (χ3v) is 4.18. The number of nitrogens with zero attached hydrogens (tertiary/aromatic N) is 2. The predicted octanol–water partition coefficient (Wildman–Crippen LogP) is 3.49. The molecule has 0 unspecified atom stereocenters. The van der Waals surface area contributed by atoms with Crippen LogP contribution in [0.15, 0.2) is 54.6 Å². The predicted molar refractivity (Wildman–Crippen MR) is 95.0 cm³/mol. The van der Waals surface area contributed by atoms with Crippen LogP contribution in [0.3, 0.4) is 0 Å². The summed E-state index contributed by atoms with van der Waals surface area (Å²) in [6.45, 7) is 4.26. The molecule has 2 aromatic carbocycles. The van der Waals surface area contributed by atoms with Gasteiger partial charge in [-0.15, -0.1) is 0 Å². The number of para-hydroxylation sites is 1. The summed E-state index contributed by atoms with van der Waals surface area (Å²) >= 11 is 0. The minimum Gasteiger partial charge on any atom is -0.352 e. The van der Waals surface area contributed by atoms with E-state index in [9.17, 15) is 9.18 Å². The zero-order valence-electron chi connectivity index (χ0n) is 14.3. The van der Waals surface area contributed by atoms with Crippen molar-refractivity contribution in [2.75, 3.05) is 0 Å². The van der Waals surface area contributed by atoms with Gasteiger partial charge in [0.1, 0.15) is 5.82 Å². The van der Waals surface area contributed by atoms with Crippen LogP contribution < -0.4 is 5.32 Å². The van der Waals surface area contributed by atoms with Gasteiger partial charge in [0.15, 0.2) is 0 Å². The molecule has 128 valence electrons. The first-order chi connectivity index (χ1) is 12.0. The maximum absolute atomic E-state index is 12.9. The van der Waals surface area contributed by atoms with Crippen LogP contribution in [0, 0.1) is 19.7 Å². The van der Waals surface area contributed by atoms with Crippen LogP contribution in [-0.2, 0) is 17.8 Å². The van der Waals surface area contributed by atoms with E-state index >= 15 is 0 Å². The molecule has 0 spiro atoms. The highest BCUT2D eigenvalue weighted by atomic mass is 19.1. The Morgan fingerprint density at radius 2 is 1.76 bits per heavy atom. The summed E-state index contributed by atoms with van der Waals surface area (Å²) in [5.74, 6) is -0.363. The molecule has 4 nitrogen and oxygen atoms in total. The molecule has 0 aliphatic heterocycles. The first-order valence-electron chi connectivity index (χ1n) is 8.16. The van der Waals surface area contributed by atoms with E-state index in [0.717, 1.165) is 28.2 Å². The Kier molecular flexibility index (Phi) is 4.93. The number of carbonyl (C=O) groups is 1. The highest BCUT2D eigenvalue weighted by Gasteiger charge is 2.15. The normalized spacial score (nSPS) is 10.7. The number of hydrogen-bond donors (Lipinski definition) is 1. The summed E-state index contributed by atoms with van der Waals surface area (Å²) in [7, 11) is 0. The standard InChI is InChI=1S/C20H20FN3O/c1-14-19(15(2)24(23-14)18-6-4-3-5-7-18)12-20(25)22-13-16-8-10-17(21)11-9-16/h3-11H,12-13H2,1-2H3,(H,22,25). The molecule has 0 saturated carbocycles. The minimum absolute atomic E-state index is 0.0804. The zero-order chi connectivity index (χ0) is 17.8. The first-order valence-corrected chi connectivity index (χ1v) is 8.16. The van der Waals surface area contributed by atoms with E-state index in [4.69, 9.17) is 0 Å². The highest BCUT2D eigenvalue weighted by molar-refractivity contribution is 5.79. The van der Waals surface area contributed by atoms with Crippen LogP contribution in [-0.4, -0.2) is 15.7 Å². The quantitative estimate of drug-likeness (QED) is 0.775. The van der Waals surface area contributed by atoms with Gasteiger partial charge in [-0.05, 0) is 43.7 Å². The van der Waals surface area contributed by atoms with Crippen molar-refractivity contribution < 1.29 is 9.18 Å². The number of hydrogen-bond acceptors (Lipinski definition) is 2. The molecule has 0 aliphatic carbocycles. The third-order valence-electron chi connectivity index (χ3n) is 4.18. The molecule has 1 heterocycles. The number of aryl methyl sites for hydroxylation is 1. The Hall–Kier alpha value is -2.95. The van der Waals surface area contributed by atoms with Crippen molar-refractivity contribution in [3.05, 3.63) is 82.9 Å². The largest absolute Gasteiger partial charge is 0.352 e. The van der Waals surface area contributed by atoms with Gasteiger partial charge >= 0.3 is 0 Å². The molecule has 0 bridgehead atoms. The van der Waals surface area contributed by atoms with Crippen molar-refractivity contribution in [1.82, 2.24) is 15.1 Å². The molecule has 0 fully saturated rings. The summed E-state index contributed by atoms with van der Waals surface area (Å²) in [4.78, 5) is 12.3. The van der Waals surface area contributed by atoms with Crippen molar-refractivity contribution in [2.45, 2.75) is 26.8 Å². The number of nitrogens with one attached hydrogen (secondary N) is 1. The lowest BCUT2D eigenvalue weighted by Crippen LogP contribution is -2.25. The fraction of sp³-hybridized carbons (Fsp3) is 0.200. The van der Waals surface area contributed by atoms with Crippen molar-refractivity contribution in [2.24, 2.45) is 0 Å². The van der Waals surface area contributed by atoms with Crippen LogP contribution >= 0.6 is 0 Å². The fourth-order valence-electron chi connectivity index (χ4n) is 2.78. The summed E-state index contributed by atoms with van der Waals surface area (Å²) in [6, 6.07) is 16.0.